The highest BCUT2D eigenvalue weighted by Gasteiger charge is 2.29. The van der Waals surface area contributed by atoms with Crippen molar-refractivity contribution < 1.29 is 0 Å². The molecule has 1 aliphatic carbocycles. The van der Waals surface area contributed by atoms with Gasteiger partial charge in [-0.2, -0.15) is 0 Å². The molecule has 2 aromatic heterocycles. The predicted molar refractivity (Wildman–Crippen MR) is 97.7 cm³/mol. The van der Waals surface area contributed by atoms with E-state index in [1.165, 1.54) is 22.2 Å². The highest BCUT2D eigenvalue weighted by molar-refractivity contribution is 5.84. The number of para-hydroxylation sites is 1. The third kappa shape index (κ3) is 2.59. The molecule has 0 saturated heterocycles. The molecule has 128 valence electrons. The van der Waals surface area contributed by atoms with Crippen molar-refractivity contribution >= 4 is 10.9 Å². The standard InChI is InChI=1S/C20H22N4O/c1-12-15(14-4-2-3-5-17(14)21-12)10-24-9-8-18-16(11-24)20(25)23-19(22-18)13-6-7-13/h2-5,13,21H,6-11H2,1H3,(H,22,23,25). The quantitative estimate of drug-likeness (QED) is 0.774. The van der Waals surface area contributed by atoms with Gasteiger partial charge in [0.2, 0.25) is 0 Å². The Morgan fingerprint density at radius 3 is 2.92 bits per heavy atom. The van der Waals surface area contributed by atoms with Gasteiger partial charge in [-0.15, -0.1) is 0 Å². The van der Waals surface area contributed by atoms with E-state index in [-0.39, 0.29) is 5.56 Å². The Morgan fingerprint density at radius 2 is 2.08 bits per heavy atom. The minimum Gasteiger partial charge on any atom is -0.358 e. The summed E-state index contributed by atoms with van der Waals surface area (Å²) in [6, 6.07) is 8.42. The molecular formula is C20H22N4O. The van der Waals surface area contributed by atoms with E-state index < -0.39 is 0 Å². The first kappa shape index (κ1) is 14.9. The van der Waals surface area contributed by atoms with Gasteiger partial charge in [-0.25, -0.2) is 4.98 Å². The fourth-order valence-electron chi connectivity index (χ4n) is 3.95. The van der Waals surface area contributed by atoms with Crippen LogP contribution in [0.5, 0.6) is 0 Å². The Labute approximate surface area is 146 Å². The summed E-state index contributed by atoms with van der Waals surface area (Å²) in [6.07, 6.45) is 3.18. The van der Waals surface area contributed by atoms with E-state index in [1.54, 1.807) is 0 Å². The molecule has 1 aliphatic heterocycles. The monoisotopic (exact) mass is 334 g/mol. The van der Waals surface area contributed by atoms with E-state index in [2.05, 4.69) is 46.1 Å². The molecule has 0 amide bonds. The largest absolute Gasteiger partial charge is 0.358 e. The topological polar surface area (TPSA) is 64.8 Å². The van der Waals surface area contributed by atoms with Gasteiger partial charge in [-0.3, -0.25) is 9.69 Å². The second-order valence-corrected chi connectivity index (χ2v) is 7.39. The SMILES string of the molecule is Cc1[nH]c2ccccc2c1CN1CCc2nc(C3CC3)[nH]c(=O)c2C1. The molecule has 0 unspecified atom stereocenters. The summed E-state index contributed by atoms with van der Waals surface area (Å²) in [5, 5.41) is 1.28. The Bertz CT molecular complexity index is 1010. The summed E-state index contributed by atoms with van der Waals surface area (Å²) in [5.74, 6) is 1.40. The minimum atomic E-state index is 0.0623. The number of H-pyrrole nitrogens is 2. The lowest BCUT2D eigenvalue weighted by molar-refractivity contribution is 0.242. The molecule has 2 N–H and O–H groups in total. The molecule has 0 radical (unpaired) electrons. The van der Waals surface area contributed by atoms with E-state index in [4.69, 9.17) is 4.98 Å². The maximum Gasteiger partial charge on any atom is 0.255 e. The number of nitrogens with zero attached hydrogens (tertiary/aromatic N) is 2. The Kier molecular flexibility index (Phi) is 3.31. The maximum atomic E-state index is 12.5. The van der Waals surface area contributed by atoms with Crippen LogP contribution in [0.4, 0.5) is 0 Å². The third-order valence-electron chi connectivity index (χ3n) is 5.54. The Hall–Kier alpha value is -2.40. The second kappa shape index (κ2) is 5.56. The number of nitrogens with one attached hydrogen (secondary N) is 2. The number of hydrogen-bond acceptors (Lipinski definition) is 3. The predicted octanol–water partition coefficient (Wildman–Crippen LogP) is 3.00. The third-order valence-corrected chi connectivity index (χ3v) is 5.54. The number of aryl methyl sites for hydroxylation is 1. The zero-order valence-electron chi connectivity index (χ0n) is 14.4. The first-order chi connectivity index (χ1) is 12.2. The van der Waals surface area contributed by atoms with Gasteiger partial charge in [0.1, 0.15) is 5.82 Å². The molecule has 5 heteroatoms. The fourth-order valence-corrected chi connectivity index (χ4v) is 3.95. The van der Waals surface area contributed by atoms with E-state index in [0.717, 1.165) is 49.4 Å². The normalized spacial score (nSPS) is 17.8. The van der Waals surface area contributed by atoms with Crippen molar-refractivity contribution in [1.82, 2.24) is 19.9 Å². The van der Waals surface area contributed by atoms with E-state index >= 15 is 0 Å². The Morgan fingerprint density at radius 1 is 1.24 bits per heavy atom. The van der Waals surface area contributed by atoms with Gasteiger partial charge >= 0.3 is 0 Å². The van der Waals surface area contributed by atoms with Crippen molar-refractivity contribution in [3.63, 3.8) is 0 Å². The molecule has 3 aromatic rings. The van der Waals surface area contributed by atoms with Gasteiger partial charge in [0.15, 0.2) is 0 Å². The van der Waals surface area contributed by atoms with Crippen LogP contribution in [-0.2, 0) is 19.5 Å². The zero-order valence-corrected chi connectivity index (χ0v) is 14.4. The molecule has 0 bridgehead atoms. The fraction of sp³-hybridized carbons (Fsp3) is 0.400. The van der Waals surface area contributed by atoms with E-state index in [9.17, 15) is 4.79 Å². The number of benzene rings is 1. The summed E-state index contributed by atoms with van der Waals surface area (Å²) in [7, 11) is 0. The van der Waals surface area contributed by atoms with Crippen molar-refractivity contribution in [3.05, 3.63) is 63.0 Å². The van der Waals surface area contributed by atoms with Crippen LogP contribution in [0.2, 0.25) is 0 Å². The van der Waals surface area contributed by atoms with Gasteiger partial charge < -0.3 is 9.97 Å². The van der Waals surface area contributed by atoms with Crippen LogP contribution in [0.1, 0.15) is 47.1 Å². The van der Waals surface area contributed by atoms with Gasteiger partial charge in [0, 0.05) is 48.6 Å². The molecule has 3 heterocycles. The molecule has 5 nitrogen and oxygen atoms in total. The molecule has 5 rings (SSSR count). The summed E-state index contributed by atoms with van der Waals surface area (Å²) in [4.78, 5) is 26.1. The summed E-state index contributed by atoms with van der Waals surface area (Å²) >= 11 is 0. The molecule has 0 atom stereocenters. The van der Waals surface area contributed by atoms with Gasteiger partial charge in [0.05, 0.1) is 11.3 Å². The maximum absolute atomic E-state index is 12.5. The number of aromatic nitrogens is 3. The molecule has 1 fully saturated rings. The lowest BCUT2D eigenvalue weighted by atomic mass is 10.0. The molecular weight excluding hydrogens is 312 g/mol. The van der Waals surface area contributed by atoms with Crippen LogP contribution in [-0.4, -0.2) is 26.4 Å². The van der Waals surface area contributed by atoms with Crippen molar-refractivity contribution in [2.45, 2.75) is 45.2 Å². The van der Waals surface area contributed by atoms with Crippen LogP contribution in [0, 0.1) is 6.92 Å². The van der Waals surface area contributed by atoms with Crippen molar-refractivity contribution in [3.8, 4) is 0 Å². The smallest absolute Gasteiger partial charge is 0.255 e. The van der Waals surface area contributed by atoms with Gasteiger partial charge in [-0.1, -0.05) is 18.2 Å². The number of rotatable bonds is 3. The van der Waals surface area contributed by atoms with Crippen molar-refractivity contribution in [2.75, 3.05) is 6.54 Å². The lowest BCUT2D eigenvalue weighted by Crippen LogP contribution is -2.35. The van der Waals surface area contributed by atoms with Crippen LogP contribution in [0.15, 0.2) is 29.1 Å². The Balaban J connectivity index is 1.44. The molecule has 1 aromatic carbocycles. The van der Waals surface area contributed by atoms with E-state index in [1.807, 2.05) is 0 Å². The first-order valence-electron chi connectivity index (χ1n) is 9.09. The van der Waals surface area contributed by atoms with Crippen LogP contribution in [0.3, 0.4) is 0 Å². The van der Waals surface area contributed by atoms with Gasteiger partial charge in [0.25, 0.3) is 5.56 Å². The van der Waals surface area contributed by atoms with Crippen molar-refractivity contribution in [2.24, 2.45) is 0 Å². The highest BCUT2D eigenvalue weighted by Crippen LogP contribution is 2.38. The zero-order chi connectivity index (χ0) is 17.0. The van der Waals surface area contributed by atoms with E-state index in [0.29, 0.717) is 12.5 Å². The summed E-state index contributed by atoms with van der Waals surface area (Å²) in [5.41, 5.74) is 5.65. The molecule has 0 spiro atoms. The molecule has 25 heavy (non-hydrogen) atoms. The van der Waals surface area contributed by atoms with Gasteiger partial charge in [-0.05, 0) is 31.4 Å². The first-order valence-corrected chi connectivity index (χ1v) is 9.09. The van der Waals surface area contributed by atoms with Crippen LogP contribution < -0.4 is 5.56 Å². The number of fused-ring (bicyclic) bond motifs is 2. The highest BCUT2D eigenvalue weighted by atomic mass is 16.1. The van der Waals surface area contributed by atoms with Crippen molar-refractivity contribution in [1.29, 1.82) is 0 Å². The number of aromatic amines is 2. The van der Waals surface area contributed by atoms with Crippen LogP contribution in [0.25, 0.3) is 10.9 Å². The second-order valence-electron chi connectivity index (χ2n) is 7.39. The summed E-state index contributed by atoms with van der Waals surface area (Å²) in [6.45, 7) is 4.62. The molecule has 2 aliphatic rings. The molecule has 1 saturated carbocycles. The summed E-state index contributed by atoms with van der Waals surface area (Å²) < 4.78 is 0. The lowest BCUT2D eigenvalue weighted by Gasteiger charge is -2.27. The minimum absolute atomic E-state index is 0.0623. The van der Waals surface area contributed by atoms with Crippen LogP contribution >= 0.6 is 0 Å². The number of hydrogen-bond donors (Lipinski definition) is 2. The average molecular weight is 334 g/mol. The average Bonchev–Trinajstić information content (AvgIpc) is 3.41.